The number of nitrogens with zero attached hydrogens (tertiary/aromatic N) is 1. The molecule has 0 heterocycles. The number of alkyl carbamates (subject to hydrolysis) is 1. The zero-order valence-corrected chi connectivity index (χ0v) is 21.5. The minimum atomic E-state index is -0.363. The van der Waals surface area contributed by atoms with Crippen LogP contribution in [0.15, 0.2) is 4.99 Å². The van der Waals surface area contributed by atoms with Crippen molar-refractivity contribution in [3.05, 3.63) is 0 Å². The zero-order chi connectivity index (χ0) is 20.5. The predicted molar refractivity (Wildman–Crippen MR) is 135 cm³/mol. The number of hydrogen-bond donors (Lipinski definition) is 2. The maximum Gasteiger partial charge on any atom is 0.408 e. The monoisotopic (exact) mass is 528 g/mol. The van der Waals surface area contributed by atoms with Crippen molar-refractivity contribution >= 4 is 94.8 Å². The van der Waals surface area contributed by atoms with Gasteiger partial charge in [-0.25, -0.2) is 9.79 Å². The summed E-state index contributed by atoms with van der Waals surface area (Å²) in [6.45, 7) is 0.648. The quantitative estimate of drug-likeness (QED) is 0.0560. The van der Waals surface area contributed by atoms with E-state index in [1.165, 1.54) is 6.40 Å². The first-order chi connectivity index (χ1) is 13.8. The molecule has 0 spiro atoms. The molecule has 0 aliphatic heterocycles. The summed E-state index contributed by atoms with van der Waals surface area (Å²) in [5, 5.41) is 15.1. The average Bonchev–Trinajstić information content (AvgIpc) is 2.70. The molecule has 0 aliphatic carbocycles. The van der Waals surface area contributed by atoms with Crippen LogP contribution in [0, 0.1) is 0 Å². The fourth-order valence-corrected chi connectivity index (χ4v) is 7.00. The van der Waals surface area contributed by atoms with Crippen LogP contribution in [0.2, 0.25) is 0 Å². The molecule has 0 bridgehead atoms. The van der Waals surface area contributed by atoms with Gasteiger partial charge in [0.25, 0.3) is 0 Å². The van der Waals surface area contributed by atoms with Gasteiger partial charge in [0.2, 0.25) is 6.40 Å². The first-order valence-corrected chi connectivity index (χ1v) is 16.4. The van der Waals surface area contributed by atoms with E-state index in [1.807, 2.05) is 11.8 Å². The van der Waals surface area contributed by atoms with E-state index in [4.69, 9.17) is 19.6 Å². The Morgan fingerprint density at radius 2 is 1.82 bits per heavy atom. The number of ether oxygens (including phenoxy) is 1. The van der Waals surface area contributed by atoms with Gasteiger partial charge in [-0.05, 0) is 6.26 Å². The van der Waals surface area contributed by atoms with Crippen molar-refractivity contribution in [3.8, 4) is 0 Å². The number of nitrogens with one attached hydrogen (secondary N) is 1. The standard InChI is InChI=1S/C14H28N2O5S7/c1-22-10-27-13-26-9-19-14(18)16-8-25-12-28-11-24-7-15-6-21-20-3-5-23-4-2-17/h6,17H,2-5,7-13H2,1H3,(H,16,18)/b15-6+. The van der Waals surface area contributed by atoms with E-state index in [0.29, 0.717) is 30.1 Å². The summed E-state index contributed by atoms with van der Waals surface area (Å²) >= 11 is 11.9. The zero-order valence-electron chi connectivity index (χ0n) is 15.7. The maximum absolute atomic E-state index is 11.4. The van der Waals surface area contributed by atoms with Crippen molar-refractivity contribution in [2.75, 3.05) is 69.0 Å². The molecule has 1 amide bonds. The van der Waals surface area contributed by atoms with Crippen molar-refractivity contribution < 1.29 is 24.4 Å². The Hall–Kier alpha value is 1.11. The number of aliphatic imine (C=N–C) groups is 1. The molecule has 0 unspecified atom stereocenters. The second-order valence-corrected chi connectivity index (χ2v) is 12.7. The highest BCUT2D eigenvalue weighted by Gasteiger charge is 2.01. The first kappa shape index (κ1) is 29.1. The number of rotatable bonds is 21. The Morgan fingerprint density at radius 3 is 2.64 bits per heavy atom. The van der Waals surface area contributed by atoms with Gasteiger partial charge in [0.1, 0.15) is 12.5 Å². The molecule has 0 atom stereocenters. The van der Waals surface area contributed by atoms with Gasteiger partial charge in [0, 0.05) is 31.8 Å². The summed E-state index contributed by atoms with van der Waals surface area (Å²) in [5.41, 5.74) is 0. The van der Waals surface area contributed by atoms with E-state index >= 15 is 0 Å². The molecule has 0 aromatic rings. The molecule has 0 rings (SSSR count). The summed E-state index contributed by atoms with van der Waals surface area (Å²) in [4.78, 5) is 25.2. The van der Waals surface area contributed by atoms with Crippen LogP contribution >= 0.6 is 82.3 Å². The number of aliphatic hydroxyl groups excluding tert-OH is 1. The molecule has 0 radical (unpaired) electrons. The molecule has 7 nitrogen and oxygen atoms in total. The summed E-state index contributed by atoms with van der Waals surface area (Å²) < 4.78 is 5.07. The Labute approximate surface area is 197 Å². The summed E-state index contributed by atoms with van der Waals surface area (Å²) in [7, 11) is 0. The van der Waals surface area contributed by atoms with E-state index in [-0.39, 0.29) is 12.7 Å². The SMILES string of the molecule is CSCSCSCOC(=O)NCSCSCSC/N=C/OOCCSCCO. The molecule has 0 fully saturated rings. The molecule has 0 aromatic carbocycles. The van der Waals surface area contributed by atoms with E-state index in [0.717, 1.165) is 26.1 Å². The third kappa shape index (κ3) is 25.1. The number of amides is 1. The predicted octanol–water partition coefficient (Wildman–Crippen LogP) is 4.15. The molecular formula is C14H28N2O5S7. The van der Waals surface area contributed by atoms with Crippen molar-refractivity contribution in [3.63, 3.8) is 0 Å². The van der Waals surface area contributed by atoms with Crippen LogP contribution < -0.4 is 5.32 Å². The van der Waals surface area contributed by atoms with E-state index in [2.05, 4.69) is 16.6 Å². The Morgan fingerprint density at radius 1 is 1.04 bits per heavy atom. The highest BCUT2D eigenvalue weighted by molar-refractivity contribution is 8.23. The van der Waals surface area contributed by atoms with Crippen LogP contribution in [0.25, 0.3) is 0 Å². The molecule has 166 valence electrons. The van der Waals surface area contributed by atoms with Gasteiger partial charge >= 0.3 is 6.09 Å². The lowest BCUT2D eigenvalue weighted by Crippen LogP contribution is -2.23. The summed E-state index contributed by atoms with van der Waals surface area (Å²) in [6, 6.07) is 0. The van der Waals surface area contributed by atoms with E-state index < -0.39 is 0 Å². The van der Waals surface area contributed by atoms with Gasteiger partial charge in [0.15, 0.2) is 0 Å². The molecule has 28 heavy (non-hydrogen) atoms. The fraction of sp³-hybridized carbons (Fsp3) is 0.857. The van der Waals surface area contributed by atoms with Gasteiger partial charge in [0.05, 0.1) is 18.4 Å². The van der Waals surface area contributed by atoms with Crippen molar-refractivity contribution in [1.82, 2.24) is 5.32 Å². The van der Waals surface area contributed by atoms with Crippen LogP contribution in [0.4, 0.5) is 4.79 Å². The number of thioether (sulfide) groups is 7. The summed E-state index contributed by atoms with van der Waals surface area (Å²) in [6.07, 6.45) is 3.01. The summed E-state index contributed by atoms with van der Waals surface area (Å²) in [5.74, 6) is 3.03. The van der Waals surface area contributed by atoms with Crippen LogP contribution in [0.1, 0.15) is 0 Å². The lowest BCUT2D eigenvalue weighted by Gasteiger charge is -2.06. The highest BCUT2D eigenvalue weighted by atomic mass is 32.2. The van der Waals surface area contributed by atoms with Crippen molar-refractivity contribution in [2.45, 2.75) is 0 Å². The average molecular weight is 529 g/mol. The van der Waals surface area contributed by atoms with Gasteiger partial charge in [-0.15, -0.1) is 58.8 Å². The lowest BCUT2D eigenvalue weighted by molar-refractivity contribution is -0.210. The molecule has 0 aromatic heterocycles. The fourth-order valence-electron chi connectivity index (χ4n) is 1.15. The van der Waals surface area contributed by atoms with Crippen molar-refractivity contribution in [1.29, 1.82) is 0 Å². The molecule has 0 saturated carbocycles. The second kappa shape index (κ2) is 26.1. The highest BCUT2D eigenvalue weighted by Crippen LogP contribution is 2.17. The molecular weight excluding hydrogens is 501 g/mol. The lowest BCUT2D eigenvalue weighted by atomic mass is 10.9. The van der Waals surface area contributed by atoms with Crippen molar-refractivity contribution in [2.24, 2.45) is 4.99 Å². The topological polar surface area (TPSA) is 89.4 Å². The maximum atomic E-state index is 11.4. The van der Waals surface area contributed by atoms with Crippen LogP contribution in [-0.2, 0) is 14.5 Å². The normalized spacial score (nSPS) is 11.1. The third-order valence-electron chi connectivity index (χ3n) is 2.19. The van der Waals surface area contributed by atoms with Crippen LogP contribution in [-0.4, -0.2) is 86.6 Å². The first-order valence-electron chi connectivity index (χ1n) is 8.04. The number of carbonyl (C=O) groups excluding carboxylic acids is 1. The minimum absolute atomic E-state index is 0.182. The molecule has 0 aliphatic rings. The Bertz CT molecular complexity index is 373. The second-order valence-electron chi connectivity index (χ2n) is 4.32. The molecule has 0 saturated heterocycles. The van der Waals surface area contributed by atoms with Gasteiger partial charge < -0.3 is 20.0 Å². The van der Waals surface area contributed by atoms with E-state index in [1.54, 1.807) is 70.6 Å². The van der Waals surface area contributed by atoms with Crippen LogP contribution in [0.3, 0.4) is 0 Å². The number of hydrogen-bond acceptors (Lipinski definition) is 13. The smallest absolute Gasteiger partial charge is 0.408 e. The molecule has 14 heteroatoms. The Balaban J connectivity index is 3.18. The van der Waals surface area contributed by atoms with E-state index in [9.17, 15) is 4.79 Å². The third-order valence-corrected chi connectivity index (χ3v) is 9.69. The largest absolute Gasteiger partial charge is 0.438 e. The number of aliphatic hydroxyl groups is 1. The van der Waals surface area contributed by atoms with Crippen LogP contribution in [0.5, 0.6) is 0 Å². The van der Waals surface area contributed by atoms with Gasteiger partial charge in [-0.1, -0.05) is 0 Å². The Kier molecular flexibility index (Phi) is 27.2. The minimum Gasteiger partial charge on any atom is -0.438 e. The van der Waals surface area contributed by atoms with Gasteiger partial charge in [-0.3, -0.25) is 0 Å². The number of carbonyl (C=O) groups is 1. The van der Waals surface area contributed by atoms with Gasteiger partial charge in [-0.2, -0.15) is 28.4 Å². The molecule has 2 N–H and O–H groups in total.